The molecule has 0 fully saturated rings. The highest BCUT2D eigenvalue weighted by molar-refractivity contribution is 7.92. The van der Waals surface area contributed by atoms with Crippen LogP contribution in [-0.2, 0) is 10.0 Å². The lowest BCUT2D eigenvalue weighted by Crippen LogP contribution is -2.26. The molecule has 0 saturated carbocycles. The second kappa shape index (κ2) is 5.83. The fourth-order valence-corrected chi connectivity index (χ4v) is 3.35. The first-order valence-electron chi connectivity index (χ1n) is 6.28. The monoisotopic (exact) mass is 320 g/mol. The van der Waals surface area contributed by atoms with Gasteiger partial charge in [-0.25, -0.2) is 8.42 Å². The van der Waals surface area contributed by atoms with E-state index in [1.807, 2.05) is 13.0 Å². The lowest BCUT2D eigenvalue weighted by atomic mass is 10.2. The van der Waals surface area contributed by atoms with Crippen LogP contribution in [0.15, 0.2) is 53.4 Å². The summed E-state index contributed by atoms with van der Waals surface area (Å²) < 4.78 is 26.4. The van der Waals surface area contributed by atoms with Crippen molar-refractivity contribution in [1.82, 2.24) is 0 Å². The minimum absolute atomic E-state index is 0.267. The summed E-state index contributed by atoms with van der Waals surface area (Å²) in [4.78, 5) is 0.550. The van der Waals surface area contributed by atoms with Crippen LogP contribution in [0.4, 0.5) is 5.69 Å². The summed E-state index contributed by atoms with van der Waals surface area (Å²) in [7, 11) is -2.06. The number of thiocarbonyl (C=S) groups is 1. The third-order valence-corrected chi connectivity index (χ3v) is 5.18. The summed E-state index contributed by atoms with van der Waals surface area (Å²) in [6.07, 6.45) is 0. The molecule has 110 valence electrons. The zero-order valence-electron chi connectivity index (χ0n) is 11.8. The van der Waals surface area contributed by atoms with Crippen LogP contribution in [0.5, 0.6) is 0 Å². The number of benzene rings is 2. The third kappa shape index (κ3) is 3.22. The lowest BCUT2D eigenvalue weighted by Gasteiger charge is -2.20. The molecule has 0 aliphatic heterocycles. The highest BCUT2D eigenvalue weighted by atomic mass is 32.2. The van der Waals surface area contributed by atoms with Crippen molar-refractivity contribution < 1.29 is 8.42 Å². The number of rotatable bonds is 4. The quantitative estimate of drug-likeness (QED) is 0.879. The van der Waals surface area contributed by atoms with Gasteiger partial charge in [0.1, 0.15) is 4.99 Å². The molecule has 6 heteroatoms. The second-order valence-electron chi connectivity index (χ2n) is 4.70. The van der Waals surface area contributed by atoms with E-state index in [0.29, 0.717) is 11.3 Å². The van der Waals surface area contributed by atoms with Crippen molar-refractivity contribution in [3.8, 4) is 0 Å². The Morgan fingerprint density at radius 3 is 2.29 bits per heavy atom. The number of hydrogen-bond acceptors (Lipinski definition) is 3. The lowest BCUT2D eigenvalue weighted by molar-refractivity contribution is 0.594. The van der Waals surface area contributed by atoms with E-state index in [-0.39, 0.29) is 9.88 Å². The number of nitrogens with two attached hydrogens (primary N) is 1. The molecular weight excluding hydrogens is 304 g/mol. The summed E-state index contributed by atoms with van der Waals surface area (Å²) >= 11 is 4.88. The molecule has 0 spiro atoms. The van der Waals surface area contributed by atoms with Crippen LogP contribution in [0.3, 0.4) is 0 Å². The largest absolute Gasteiger partial charge is 0.389 e. The minimum atomic E-state index is -3.58. The maximum atomic E-state index is 12.6. The number of sulfonamides is 1. The molecule has 2 aromatic rings. The van der Waals surface area contributed by atoms with Gasteiger partial charge in [0.05, 0.1) is 10.6 Å². The summed E-state index contributed by atoms with van der Waals surface area (Å²) in [5.41, 5.74) is 7.69. The van der Waals surface area contributed by atoms with E-state index in [0.717, 1.165) is 5.56 Å². The first-order chi connectivity index (χ1) is 9.82. The molecule has 0 aliphatic rings. The van der Waals surface area contributed by atoms with Gasteiger partial charge in [-0.1, -0.05) is 24.4 Å². The van der Waals surface area contributed by atoms with Gasteiger partial charge in [0.15, 0.2) is 0 Å². The van der Waals surface area contributed by atoms with E-state index in [9.17, 15) is 8.42 Å². The maximum Gasteiger partial charge on any atom is 0.264 e. The Morgan fingerprint density at radius 1 is 1.14 bits per heavy atom. The Morgan fingerprint density at radius 2 is 1.76 bits per heavy atom. The van der Waals surface area contributed by atoms with Gasteiger partial charge in [0, 0.05) is 12.6 Å². The van der Waals surface area contributed by atoms with Gasteiger partial charge < -0.3 is 5.73 Å². The SMILES string of the molecule is Cc1cccc(S(=O)(=O)N(C)c2ccc(C(N)=S)cc2)c1. The summed E-state index contributed by atoms with van der Waals surface area (Å²) in [6.45, 7) is 1.86. The number of hydrogen-bond donors (Lipinski definition) is 1. The molecule has 2 aromatic carbocycles. The molecule has 2 N–H and O–H groups in total. The van der Waals surface area contributed by atoms with E-state index in [1.54, 1.807) is 42.5 Å². The van der Waals surface area contributed by atoms with E-state index >= 15 is 0 Å². The van der Waals surface area contributed by atoms with Crippen LogP contribution in [0.25, 0.3) is 0 Å². The number of aryl methyl sites for hydroxylation is 1. The molecule has 2 rings (SSSR count). The van der Waals surface area contributed by atoms with Crippen LogP contribution in [-0.4, -0.2) is 20.5 Å². The molecule has 0 bridgehead atoms. The molecular formula is C15H16N2O2S2. The predicted molar refractivity (Wildman–Crippen MR) is 89.1 cm³/mol. The van der Waals surface area contributed by atoms with Crippen molar-refractivity contribution in [2.75, 3.05) is 11.4 Å². The molecule has 21 heavy (non-hydrogen) atoms. The summed E-state index contributed by atoms with van der Waals surface area (Å²) in [5.74, 6) is 0. The second-order valence-corrected chi connectivity index (χ2v) is 7.11. The van der Waals surface area contributed by atoms with Crippen molar-refractivity contribution >= 4 is 32.9 Å². The Balaban J connectivity index is 2.38. The topological polar surface area (TPSA) is 63.4 Å². The van der Waals surface area contributed by atoms with Crippen LogP contribution in [0, 0.1) is 6.92 Å². The normalized spacial score (nSPS) is 11.1. The molecule has 0 atom stereocenters. The summed E-state index contributed by atoms with van der Waals surface area (Å²) in [6, 6.07) is 13.6. The van der Waals surface area contributed by atoms with Crippen molar-refractivity contribution in [1.29, 1.82) is 0 Å². The minimum Gasteiger partial charge on any atom is -0.389 e. The first kappa shape index (κ1) is 15.5. The fourth-order valence-electron chi connectivity index (χ4n) is 1.91. The average Bonchev–Trinajstić information content (AvgIpc) is 2.46. The van der Waals surface area contributed by atoms with Crippen LogP contribution >= 0.6 is 12.2 Å². The molecule has 0 aliphatic carbocycles. The van der Waals surface area contributed by atoms with Crippen LogP contribution < -0.4 is 10.0 Å². The summed E-state index contributed by atoms with van der Waals surface area (Å²) in [5, 5.41) is 0. The first-order valence-corrected chi connectivity index (χ1v) is 8.12. The average molecular weight is 320 g/mol. The molecule has 0 radical (unpaired) electrons. The molecule has 4 nitrogen and oxygen atoms in total. The Hall–Kier alpha value is -1.92. The van der Waals surface area contributed by atoms with E-state index < -0.39 is 10.0 Å². The highest BCUT2D eigenvalue weighted by Crippen LogP contribution is 2.22. The van der Waals surface area contributed by atoms with Crippen LogP contribution in [0.2, 0.25) is 0 Å². The van der Waals surface area contributed by atoms with E-state index in [2.05, 4.69) is 0 Å². The van der Waals surface area contributed by atoms with Crippen LogP contribution in [0.1, 0.15) is 11.1 Å². The maximum absolute atomic E-state index is 12.6. The van der Waals surface area contributed by atoms with Gasteiger partial charge in [-0.05, 0) is 48.9 Å². The van der Waals surface area contributed by atoms with E-state index in [4.69, 9.17) is 18.0 Å². The van der Waals surface area contributed by atoms with Gasteiger partial charge in [0.25, 0.3) is 10.0 Å². The van der Waals surface area contributed by atoms with Crippen molar-refractivity contribution in [2.45, 2.75) is 11.8 Å². The molecule has 0 aromatic heterocycles. The van der Waals surface area contributed by atoms with Gasteiger partial charge in [-0.15, -0.1) is 0 Å². The number of nitrogens with zero attached hydrogens (tertiary/aromatic N) is 1. The van der Waals surface area contributed by atoms with Gasteiger partial charge in [-0.2, -0.15) is 0 Å². The number of anilines is 1. The third-order valence-electron chi connectivity index (χ3n) is 3.16. The smallest absolute Gasteiger partial charge is 0.264 e. The highest BCUT2D eigenvalue weighted by Gasteiger charge is 2.21. The van der Waals surface area contributed by atoms with Crippen molar-refractivity contribution in [3.63, 3.8) is 0 Å². The van der Waals surface area contributed by atoms with E-state index in [1.165, 1.54) is 11.4 Å². The Labute approximate surface area is 130 Å². The van der Waals surface area contributed by atoms with Gasteiger partial charge in [0.2, 0.25) is 0 Å². The molecule has 0 unspecified atom stereocenters. The molecule has 0 amide bonds. The predicted octanol–water partition coefficient (Wildman–Crippen LogP) is 2.45. The molecule has 0 heterocycles. The van der Waals surface area contributed by atoms with Gasteiger partial charge in [-0.3, -0.25) is 4.31 Å². The zero-order chi connectivity index (χ0) is 15.6. The Kier molecular flexibility index (Phi) is 4.29. The Bertz CT molecular complexity index is 769. The fraction of sp³-hybridized carbons (Fsp3) is 0.133. The standard InChI is InChI=1S/C15H16N2O2S2/c1-11-4-3-5-14(10-11)21(18,19)17(2)13-8-6-12(7-9-13)15(16)20/h3-10H,1-2H3,(H2,16,20). The van der Waals surface area contributed by atoms with Crippen molar-refractivity contribution in [2.24, 2.45) is 5.73 Å². The van der Waals surface area contributed by atoms with Gasteiger partial charge >= 0.3 is 0 Å². The van der Waals surface area contributed by atoms with Crippen molar-refractivity contribution in [3.05, 3.63) is 59.7 Å². The molecule has 0 saturated heterocycles. The zero-order valence-corrected chi connectivity index (χ0v) is 13.4.